The number of aromatic amines is 1. The zero-order chi connectivity index (χ0) is 16.4. The first-order chi connectivity index (χ1) is 11.1. The maximum atomic E-state index is 12.3. The molecule has 0 atom stereocenters. The summed E-state index contributed by atoms with van der Waals surface area (Å²) in [6, 6.07) is 13.3. The van der Waals surface area contributed by atoms with Crippen molar-refractivity contribution in [2.75, 3.05) is 5.32 Å². The summed E-state index contributed by atoms with van der Waals surface area (Å²) < 4.78 is 0. The number of hydrogen-bond donors (Lipinski definition) is 2. The fourth-order valence-electron chi connectivity index (χ4n) is 2.22. The Bertz CT molecular complexity index is 952. The van der Waals surface area contributed by atoms with Crippen LogP contribution < -0.4 is 5.32 Å². The number of H-pyrrole nitrogens is 1. The summed E-state index contributed by atoms with van der Waals surface area (Å²) >= 11 is 5.89. The lowest BCUT2D eigenvalue weighted by Crippen LogP contribution is -2.22. The number of hydrogen-bond acceptors (Lipinski definition) is 3. The van der Waals surface area contributed by atoms with Crippen molar-refractivity contribution in [3.05, 3.63) is 64.8 Å². The molecular formula is C17H10ClN3O2. The van der Waals surface area contributed by atoms with Gasteiger partial charge >= 0.3 is 0 Å². The normalized spacial score (nSPS) is 10.3. The van der Waals surface area contributed by atoms with Crippen molar-refractivity contribution in [2.45, 2.75) is 0 Å². The molecule has 2 N–H and O–H groups in total. The van der Waals surface area contributed by atoms with Gasteiger partial charge in [0.1, 0.15) is 0 Å². The van der Waals surface area contributed by atoms with Gasteiger partial charge in [0.2, 0.25) is 0 Å². The Balaban J connectivity index is 1.83. The van der Waals surface area contributed by atoms with E-state index in [0.29, 0.717) is 27.2 Å². The van der Waals surface area contributed by atoms with Gasteiger partial charge in [-0.3, -0.25) is 9.59 Å². The molecule has 1 amide bonds. The quantitative estimate of drug-likeness (QED) is 0.571. The number of nitrogens with one attached hydrogen (secondary N) is 2. The average molecular weight is 324 g/mol. The predicted molar refractivity (Wildman–Crippen MR) is 87.4 cm³/mol. The van der Waals surface area contributed by atoms with Crippen LogP contribution in [0.25, 0.3) is 10.9 Å². The molecule has 112 valence electrons. The summed E-state index contributed by atoms with van der Waals surface area (Å²) in [6.07, 6.45) is 1.49. The van der Waals surface area contributed by atoms with Gasteiger partial charge in [0, 0.05) is 27.8 Å². The number of anilines is 1. The highest BCUT2D eigenvalue weighted by molar-refractivity contribution is 6.48. The maximum absolute atomic E-state index is 12.3. The van der Waals surface area contributed by atoms with Crippen LogP contribution in [0.2, 0.25) is 5.02 Å². The molecule has 0 fully saturated rings. The lowest BCUT2D eigenvalue weighted by Gasteiger charge is -2.04. The Labute approximate surface area is 136 Å². The minimum absolute atomic E-state index is 0.280. The fourth-order valence-corrected chi connectivity index (χ4v) is 2.40. The molecule has 6 heteroatoms. The summed E-state index contributed by atoms with van der Waals surface area (Å²) in [5.41, 5.74) is 1.89. The highest BCUT2D eigenvalue weighted by Crippen LogP contribution is 2.22. The Kier molecular flexibility index (Phi) is 3.83. The Morgan fingerprint density at radius 2 is 1.87 bits per heavy atom. The van der Waals surface area contributed by atoms with E-state index in [0.717, 1.165) is 0 Å². The van der Waals surface area contributed by atoms with Crippen LogP contribution in [-0.4, -0.2) is 16.7 Å². The topological polar surface area (TPSA) is 85.8 Å². The number of carbonyl (C=O) groups excluding carboxylic acids is 2. The van der Waals surface area contributed by atoms with Gasteiger partial charge in [-0.1, -0.05) is 17.7 Å². The minimum atomic E-state index is -0.745. The third-order valence-electron chi connectivity index (χ3n) is 3.37. The van der Waals surface area contributed by atoms with Crippen molar-refractivity contribution < 1.29 is 9.59 Å². The number of nitriles is 1. The van der Waals surface area contributed by atoms with E-state index in [1.54, 1.807) is 42.5 Å². The second-order valence-corrected chi connectivity index (χ2v) is 5.30. The molecule has 3 aromatic rings. The molecular weight excluding hydrogens is 314 g/mol. The van der Waals surface area contributed by atoms with Crippen molar-refractivity contribution in [3.8, 4) is 6.07 Å². The fraction of sp³-hybridized carbons (Fsp3) is 0. The van der Waals surface area contributed by atoms with Gasteiger partial charge in [0.15, 0.2) is 0 Å². The lowest BCUT2D eigenvalue weighted by atomic mass is 10.1. The smallest absolute Gasteiger partial charge is 0.296 e. The van der Waals surface area contributed by atoms with Gasteiger partial charge in [0.05, 0.1) is 17.2 Å². The number of benzene rings is 2. The summed E-state index contributed by atoms with van der Waals surface area (Å²) in [5.74, 6) is -1.39. The van der Waals surface area contributed by atoms with Crippen LogP contribution in [0, 0.1) is 11.3 Å². The van der Waals surface area contributed by atoms with Gasteiger partial charge in [-0.15, -0.1) is 0 Å². The third-order valence-corrected chi connectivity index (χ3v) is 3.60. The first kappa shape index (κ1) is 14.8. The number of fused-ring (bicyclic) bond motifs is 1. The first-order valence-electron chi connectivity index (χ1n) is 6.71. The average Bonchev–Trinajstić information content (AvgIpc) is 2.97. The number of halogens is 1. The molecule has 0 aliphatic rings. The van der Waals surface area contributed by atoms with Crippen molar-refractivity contribution in [1.82, 2.24) is 4.98 Å². The molecule has 1 heterocycles. The minimum Gasteiger partial charge on any atom is -0.360 e. The molecule has 0 aliphatic heterocycles. The molecule has 23 heavy (non-hydrogen) atoms. The third kappa shape index (κ3) is 2.93. The van der Waals surface area contributed by atoms with Gasteiger partial charge < -0.3 is 10.3 Å². The van der Waals surface area contributed by atoms with Gasteiger partial charge in [-0.25, -0.2) is 0 Å². The van der Waals surface area contributed by atoms with E-state index in [9.17, 15) is 9.59 Å². The first-order valence-corrected chi connectivity index (χ1v) is 7.09. The summed E-state index contributed by atoms with van der Waals surface area (Å²) in [4.78, 5) is 27.3. The molecule has 2 aromatic carbocycles. The van der Waals surface area contributed by atoms with E-state index < -0.39 is 11.7 Å². The largest absolute Gasteiger partial charge is 0.360 e. The highest BCUT2D eigenvalue weighted by Gasteiger charge is 2.20. The molecule has 0 spiro atoms. The Hall–Kier alpha value is -3.10. The molecule has 0 aliphatic carbocycles. The maximum Gasteiger partial charge on any atom is 0.296 e. The van der Waals surface area contributed by atoms with Crippen molar-refractivity contribution in [2.24, 2.45) is 0 Å². The summed E-state index contributed by atoms with van der Waals surface area (Å²) in [5, 5.41) is 12.4. The summed E-state index contributed by atoms with van der Waals surface area (Å²) in [6.45, 7) is 0. The number of rotatable bonds is 3. The number of aromatic nitrogens is 1. The van der Waals surface area contributed by atoms with Crippen LogP contribution in [0.15, 0.2) is 48.7 Å². The van der Waals surface area contributed by atoms with E-state index in [2.05, 4.69) is 10.3 Å². The van der Waals surface area contributed by atoms with Crippen LogP contribution in [0.4, 0.5) is 5.69 Å². The standard InChI is InChI=1S/C17H10ClN3O2/c18-11-3-6-13-14(9-20-15(13)7-11)16(22)17(23)21-12-4-1-10(8-19)2-5-12/h1-7,9,20H,(H,21,23). The molecule has 0 saturated heterocycles. The molecule has 0 radical (unpaired) electrons. The number of nitrogens with zero attached hydrogens (tertiary/aromatic N) is 1. The monoisotopic (exact) mass is 323 g/mol. The van der Waals surface area contributed by atoms with E-state index in [1.807, 2.05) is 6.07 Å². The molecule has 5 nitrogen and oxygen atoms in total. The molecule has 0 bridgehead atoms. The van der Waals surface area contributed by atoms with Crippen LogP contribution in [0.1, 0.15) is 15.9 Å². The van der Waals surface area contributed by atoms with Crippen molar-refractivity contribution >= 4 is 39.9 Å². The molecule has 0 unspecified atom stereocenters. The van der Waals surface area contributed by atoms with E-state index in [-0.39, 0.29) is 5.56 Å². The Morgan fingerprint density at radius 1 is 1.13 bits per heavy atom. The van der Waals surface area contributed by atoms with Gasteiger partial charge in [-0.05, 0) is 36.4 Å². The van der Waals surface area contributed by atoms with Crippen LogP contribution in [0.3, 0.4) is 0 Å². The molecule has 1 aromatic heterocycles. The van der Waals surface area contributed by atoms with E-state index >= 15 is 0 Å². The van der Waals surface area contributed by atoms with Crippen LogP contribution in [0.5, 0.6) is 0 Å². The van der Waals surface area contributed by atoms with E-state index in [1.165, 1.54) is 6.20 Å². The SMILES string of the molecule is N#Cc1ccc(NC(=O)C(=O)c2c[nH]c3cc(Cl)ccc23)cc1. The molecule has 0 saturated carbocycles. The number of carbonyl (C=O) groups is 2. The van der Waals surface area contributed by atoms with Gasteiger partial charge in [-0.2, -0.15) is 5.26 Å². The number of Topliss-reactive ketones (excluding diaryl/α,β-unsaturated/α-hetero) is 1. The van der Waals surface area contributed by atoms with Crippen LogP contribution in [-0.2, 0) is 4.79 Å². The van der Waals surface area contributed by atoms with Crippen LogP contribution >= 0.6 is 11.6 Å². The highest BCUT2D eigenvalue weighted by atomic mass is 35.5. The molecule has 3 rings (SSSR count). The van der Waals surface area contributed by atoms with Gasteiger partial charge in [0.25, 0.3) is 11.7 Å². The second-order valence-electron chi connectivity index (χ2n) is 4.86. The second kappa shape index (κ2) is 5.95. The van der Waals surface area contributed by atoms with Crippen molar-refractivity contribution in [3.63, 3.8) is 0 Å². The predicted octanol–water partition coefficient (Wildman–Crippen LogP) is 3.51. The zero-order valence-corrected chi connectivity index (χ0v) is 12.5. The van der Waals surface area contributed by atoms with Crippen molar-refractivity contribution in [1.29, 1.82) is 5.26 Å². The number of ketones is 1. The van der Waals surface area contributed by atoms with E-state index in [4.69, 9.17) is 16.9 Å². The lowest BCUT2D eigenvalue weighted by molar-refractivity contribution is -0.112. The summed E-state index contributed by atoms with van der Waals surface area (Å²) in [7, 11) is 0. The zero-order valence-electron chi connectivity index (χ0n) is 11.8. The Morgan fingerprint density at radius 3 is 2.57 bits per heavy atom. The number of amides is 1.